The van der Waals surface area contributed by atoms with E-state index in [1.54, 1.807) is 0 Å². The monoisotopic (exact) mass is 342 g/mol. The second-order valence-electron chi connectivity index (χ2n) is 7.87. The predicted octanol–water partition coefficient (Wildman–Crippen LogP) is 7.06. The molecule has 0 atom stereocenters. The Morgan fingerprint density at radius 3 is 1.27 bits per heavy atom. The zero-order valence-corrected chi connectivity index (χ0v) is 15.8. The maximum atomic E-state index is 2.40. The predicted molar refractivity (Wildman–Crippen MR) is 113 cm³/mol. The summed E-state index contributed by atoms with van der Waals surface area (Å²) in [7, 11) is 0. The smallest absolute Gasteiger partial charge is 0.0149 e. The quantitative estimate of drug-likeness (QED) is 0.410. The first-order valence-corrected chi connectivity index (χ1v) is 10.5. The Kier molecular flexibility index (Phi) is 5.69. The molecule has 0 saturated heterocycles. The van der Waals surface area contributed by atoms with Crippen molar-refractivity contribution < 1.29 is 0 Å². The van der Waals surface area contributed by atoms with E-state index in [1.807, 2.05) is 0 Å². The average Bonchev–Trinajstić information content (AvgIpc) is 2.69. The van der Waals surface area contributed by atoms with Gasteiger partial charge in [0.2, 0.25) is 0 Å². The molecule has 7 rings (SSSR count). The minimum atomic E-state index is 1.21. The molecule has 0 heteroatoms. The van der Waals surface area contributed by atoms with Crippen LogP contribution in [0.5, 0.6) is 0 Å². The molecular formula is C26H30. The van der Waals surface area contributed by atoms with Crippen LogP contribution in [0, 0.1) is 0 Å². The van der Waals surface area contributed by atoms with E-state index in [4.69, 9.17) is 0 Å². The van der Waals surface area contributed by atoms with Gasteiger partial charge in [0, 0.05) is 0 Å². The van der Waals surface area contributed by atoms with Gasteiger partial charge in [-0.25, -0.2) is 0 Å². The van der Waals surface area contributed by atoms with Gasteiger partial charge in [-0.2, -0.15) is 0 Å². The van der Waals surface area contributed by atoms with Crippen LogP contribution in [0.4, 0.5) is 0 Å². The van der Waals surface area contributed by atoms with Crippen molar-refractivity contribution in [2.24, 2.45) is 0 Å². The van der Waals surface area contributed by atoms with Crippen molar-refractivity contribution in [1.82, 2.24) is 0 Å². The number of hydrogen-bond donors (Lipinski definition) is 0. The fourth-order valence-corrected chi connectivity index (χ4v) is 4.38. The maximum Gasteiger partial charge on any atom is -0.0149 e. The molecular weight excluding hydrogens is 312 g/mol. The highest BCUT2D eigenvalue weighted by molar-refractivity contribution is 5.88. The molecule has 3 aromatic carbocycles. The van der Waals surface area contributed by atoms with E-state index in [-0.39, 0.29) is 0 Å². The number of rotatable bonds is 0. The van der Waals surface area contributed by atoms with Crippen molar-refractivity contribution in [3.8, 4) is 0 Å². The van der Waals surface area contributed by atoms with Crippen LogP contribution in [0.3, 0.4) is 0 Å². The Balaban J connectivity index is 1.55. The molecule has 0 heterocycles. The molecule has 0 amide bonds. The van der Waals surface area contributed by atoms with Gasteiger partial charge in [-0.3, -0.25) is 0 Å². The summed E-state index contributed by atoms with van der Waals surface area (Å²) in [5.41, 5.74) is 6.08. The van der Waals surface area contributed by atoms with Gasteiger partial charge in [-0.05, 0) is 84.4 Å². The van der Waals surface area contributed by atoms with E-state index in [1.165, 1.54) is 97.2 Å². The molecule has 0 fully saturated rings. The van der Waals surface area contributed by atoms with Gasteiger partial charge in [0.25, 0.3) is 0 Å². The average molecular weight is 343 g/mol. The van der Waals surface area contributed by atoms with E-state index in [0.29, 0.717) is 0 Å². The molecule has 0 aromatic heterocycles. The highest BCUT2D eigenvalue weighted by atomic mass is 14.1. The van der Waals surface area contributed by atoms with Gasteiger partial charge in [-0.15, -0.1) is 0 Å². The first kappa shape index (κ1) is 17.3. The van der Waals surface area contributed by atoms with Crippen LogP contribution in [-0.2, 0) is 25.7 Å². The summed E-state index contributed by atoms with van der Waals surface area (Å²) in [5, 5.41) is 2.97. The standard InChI is InChI=1S/C26H30/c1-3-9-21-15-17-22(18-16-21)10-4-2-6-12-24-20-19-23(11-5-1)25-13-7-8-14-26(24)25/h7-8,13-20H,1-6,9-12H2. The van der Waals surface area contributed by atoms with Gasteiger partial charge in [0.05, 0.1) is 0 Å². The third-order valence-corrected chi connectivity index (χ3v) is 5.95. The fraction of sp³-hybridized carbons (Fsp3) is 0.385. The van der Waals surface area contributed by atoms with Crippen LogP contribution in [0.2, 0.25) is 0 Å². The Hall–Kier alpha value is -2.08. The van der Waals surface area contributed by atoms with E-state index in [9.17, 15) is 0 Å². The van der Waals surface area contributed by atoms with Gasteiger partial charge in [0.1, 0.15) is 0 Å². The summed E-state index contributed by atoms with van der Waals surface area (Å²) in [6.45, 7) is 0. The fourth-order valence-electron chi connectivity index (χ4n) is 4.38. The van der Waals surface area contributed by atoms with Gasteiger partial charge < -0.3 is 0 Å². The van der Waals surface area contributed by atoms with Crippen LogP contribution in [-0.4, -0.2) is 0 Å². The summed E-state index contributed by atoms with van der Waals surface area (Å²) < 4.78 is 0. The topological polar surface area (TPSA) is 0 Å². The molecule has 3 aromatic rings. The summed E-state index contributed by atoms with van der Waals surface area (Å²) in [6, 6.07) is 23.3. The van der Waals surface area contributed by atoms with Gasteiger partial charge >= 0.3 is 0 Å². The number of benzene rings is 3. The number of hydrogen-bond acceptors (Lipinski definition) is 0. The molecule has 0 unspecified atom stereocenters. The molecule has 4 aliphatic carbocycles. The lowest BCUT2D eigenvalue weighted by Gasteiger charge is -2.12. The Bertz CT molecular complexity index is 770. The van der Waals surface area contributed by atoms with Crippen molar-refractivity contribution in [3.05, 3.63) is 82.9 Å². The molecule has 0 aliphatic heterocycles. The second kappa shape index (κ2) is 8.54. The molecule has 0 saturated carbocycles. The van der Waals surface area contributed by atoms with Crippen LogP contribution in [0.25, 0.3) is 10.8 Å². The van der Waals surface area contributed by atoms with E-state index in [0.717, 1.165) is 0 Å². The summed E-state index contributed by atoms with van der Waals surface area (Å²) in [6.07, 6.45) is 12.7. The van der Waals surface area contributed by atoms with Crippen LogP contribution < -0.4 is 0 Å². The SMILES string of the molecule is c1ccc2c3ccc(c2c1)CCCCCc1ccc(cc1)CCCCC3. The first-order valence-electron chi connectivity index (χ1n) is 10.5. The summed E-state index contributed by atoms with van der Waals surface area (Å²) in [5.74, 6) is 0. The third-order valence-electron chi connectivity index (χ3n) is 5.95. The molecule has 0 N–H and O–H groups in total. The first-order chi connectivity index (χ1) is 12.9. The van der Waals surface area contributed by atoms with E-state index < -0.39 is 0 Å². The summed E-state index contributed by atoms with van der Waals surface area (Å²) in [4.78, 5) is 0. The van der Waals surface area contributed by atoms with Crippen molar-refractivity contribution in [3.63, 3.8) is 0 Å². The normalized spacial score (nSPS) is 16.5. The van der Waals surface area contributed by atoms with Crippen LogP contribution in [0.15, 0.2) is 60.7 Å². The second-order valence-corrected chi connectivity index (χ2v) is 7.87. The van der Waals surface area contributed by atoms with E-state index in [2.05, 4.69) is 60.7 Å². The zero-order chi connectivity index (χ0) is 17.6. The highest BCUT2D eigenvalue weighted by Crippen LogP contribution is 2.26. The van der Waals surface area contributed by atoms with Crippen molar-refractivity contribution in [2.75, 3.05) is 0 Å². The molecule has 0 nitrogen and oxygen atoms in total. The largest absolute Gasteiger partial charge is 0.0616 e. The lowest BCUT2D eigenvalue weighted by molar-refractivity contribution is 0.673. The van der Waals surface area contributed by atoms with Crippen LogP contribution in [0.1, 0.15) is 60.8 Å². The summed E-state index contributed by atoms with van der Waals surface area (Å²) >= 11 is 0. The van der Waals surface area contributed by atoms with Crippen molar-refractivity contribution in [1.29, 1.82) is 0 Å². The van der Waals surface area contributed by atoms with Gasteiger partial charge in [0.15, 0.2) is 0 Å². The molecule has 0 spiro atoms. The molecule has 4 aliphatic rings. The lowest BCUT2D eigenvalue weighted by Crippen LogP contribution is -1.95. The minimum absolute atomic E-state index is 1.21. The third kappa shape index (κ3) is 4.18. The Morgan fingerprint density at radius 2 is 0.808 bits per heavy atom. The van der Waals surface area contributed by atoms with Crippen molar-refractivity contribution in [2.45, 2.75) is 64.2 Å². The molecule has 0 radical (unpaired) electrons. The van der Waals surface area contributed by atoms with Crippen molar-refractivity contribution >= 4 is 10.8 Å². The van der Waals surface area contributed by atoms with E-state index >= 15 is 0 Å². The molecule has 134 valence electrons. The molecule has 4 bridgehead atoms. The lowest BCUT2D eigenvalue weighted by atomic mass is 9.93. The van der Waals surface area contributed by atoms with Gasteiger partial charge in [-0.1, -0.05) is 73.5 Å². The minimum Gasteiger partial charge on any atom is -0.0616 e. The molecule has 26 heavy (non-hydrogen) atoms. The zero-order valence-electron chi connectivity index (χ0n) is 15.8. The highest BCUT2D eigenvalue weighted by Gasteiger charge is 2.07. The Morgan fingerprint density at radius 1 is 0.385 bits per heavy atom. The number of aryl methyl sites for hydroxylation is 4. The maximum absolute atomic E-state index is 2.40. The Labute approximate surface area is 158 Å². The van der Waals surface area contributed by atoms with Crippen LogP contribution >= 0.6 is 0 Å².